The first kappa shape index (κ1) is 18.8. The number of amides is 1. The average molecular weight is 289 g/mol. The maximum atomic E-state index is 12.1. The molecule has 0 radical (unpaired) electrons. The lowest BCUT2D eigenvalue weighted by Gasteiger charge is -2.25. The van der Waals surface area contributed by atoms with E-state index in [1.54, 1.807) is 0 Å². The van der Waals surface area contributed by atoms with Crippen LogP contribution in [-0.4, -0.2) is 42.4 Å². The van der Waals surface area contributed by atoms with E-state index in [0.29, 0.717) is 18.4 Å². The molecule has 1 amide bonds. The van der Waals surface area contributed by atoms with Crippen LogP contribution in [0.3, 0.4) is 0 Å². The zero-order valence-electron chi connectivity index (χ0n) is 13.2. The van der Waals surface area contributed by atoms with Gasteiger partial charge < -0.3 is 10.6 Å². The Morgan fingerprint density at radius 1 is 1.26 bits per heavy atom. The van der Waals surface area contributed by atoms with Gasteiger partial charge in [-0.05, 0) is 50.7 Å². The van der Waals surface area contributed by atoms with Crippen molar-refractivity contribution in [2.24, 2.45) is 11.7 Å². The van der Waals surface area contributed by atoms with Crippen molar-refractivity contribution in [3.63, 3.8) is 0 Å². The molecule has 0 aromatic carbocycles. The molecule has 0 aromatic rings. The van der Waals surface area contributed by atoms with Gasteiger partial charge in [-0.1, -0.05) is 19.8 Å². The molecule has 0 aromatic heterocycles. The summed E-state index contributed by atoms with van der Waals surface area (Å²) in [6.45, 7) is 5.07. The number of nitrogens with two attached hydrogens (primary N) is 1. The molecular formula is C15H32N2OS. The van der Waals surface area contributed by atoms with E-state index >= 15 is 0 Å². The van der Waals surface area contributed by atoms with Crippen molar-refractivity contribution in [3.8, 4) is 0 Å². The number of nitrogens with zero attached hydrogens (tertiary/aromatic N) is 1. The second-order valence-corrected chi connectivity index (χ2v) is 6.39. The van der Waals surface area contributed by atoms with Gasteiger partial charge in [0.15, 0.2) is 0 Å². The number of rotatable bonds is 11. The number of hydrogen-bond donors (Lipinski definition) is 1. The van der Waals surface area contributed by atoms with E-state index in [1.165, 1.54) is 12.8 Å². The van der Waals surface area contributed by atoms with Crippen LogP contribution in [0, 0.1) is 5.92 Å². The van der Waals surface area contributed by atoms with Gasteiger partial charge in [-0.3, -0.25) is 4.79 Å². The molecule has 0 bridgehead atoms. The highest BCUT2D eigenvalue weighted by Gasteiger charge is 2.17. The minimum Gasteiger partial charge on any atom is -0.343 e. The third-order valence-electron chi connectivity index (χ3n) is 3.83. The van der Waals surface area contributed by atoms with Gasteiger partial charge in [0, 0.05) is 19.5 Å². The summed E-state index contributed by atoms with van der Waals surface area (Å²) < 4.78 is 0. The Balaban J connectivity index is 4.05. The van der Waals surface area contributed by atoms with E-state index in [1.807, 2.05) is 23.7 Å². The molecule has 2 atom stereocenters. The summed E-state index contributed by atoms with van der Waals surface area (Å²) in [6.07, 6.45) is 8.26. The van der Waals surface area contributed by atoms with Gasteiger partial charge in [-0.2, -0.15) is 11.8 Å². The molecule has 2 unspecified atom stereocenters. The lowest BCUT2D eigenvalue weighted by Crippen LogP contribution is -2.35. The van der Waals surface area contributed by atoms with Gasteiger partial charge >= 0.3 is 0 Å². The number of hydrogen-bond acceptors (Lipinski definition) is 3. The molecule has 19 heavy (non-hydrogen) atoms. The van der Waals surface area contributed by atoms with E-state index in [9.17, 15) is 4.79 Å². The summed E-state index contributed by atoms with van der Waals surface area (Å²) in [7, 11) is 1.94. The smallest absolute Gasteiger partial charge is 0.222 e. The predicted molar refractivity (Wildman–Crippen MR) is 86.5 cm³/mol. The molecule has 0 aliphatic heterocycles. The molecule has 0 heterocycles. The fourth-order valence-corrected chi connectivity index (χ4v) is 2.89. The average Bonchev–Trinajstić information content (AvgIpc) is 2.41. The summed E-state index contributed by atoms with van der Waals surface area (Å²) in [5, 5.41) is 0. The van der Waals surface area contributed by atoms with Crippen molar-refractivity contribution in [1.29, 1.82) is 0 Å². The summed E-state index contributed by atoms with van der Waals surface area (Å²) in [4.78, 5) is 14.1. The van der Waals surface area contributed by atoms with Crippen LogP contribution >= 0.6 is 11.8 Å². The van der Waals surface area contributed by atoms with E-state index in [-0.39, 0.29) is 5.91 Å². The molecule has 0 aliphatic carbocycles. The highest BCUT2D eigenvalue weighted by atomic mass is 32.2. The quantitative estimate of drug-likeness (QED) is 0.635. The Bertz CT molecular complexity index is 230. The molecule has 0 saturated carbocycles. The monoisotopic (exact) mass is 288 g/mol. The summed E-state index contributed by atoms with van der Waals surface area (Å²) >= 11 is 1.84. The molecule has 0 rings (SSSR count). The van der Waals surface area contributed by atoms with Crippen molar-refractivity contribution in [3.05, 3.63) is 0 Å². The van der Waals surface area contributed by atoms with Crippen LogP contribution in [0.25, 0.3) is 0 Å². The Morgan fingerprint density at radius 2 is 1.95 bits per heavy atom. The highest BCUT2D eigenvalue weighted by Crippen LogP contribution is 2.18. The standard InChI is InChI=1S/C15H32N2OS/c1-5-6-14(9-11-16)7-8-15(18)17(3)13(2)10-12-19-4/h13-14H,5-12,16H2,1-4H3. The van der Waals surface area contributed by atoms with Crippen LogP contribution < -0.4 is 5.73 Å². The molecule has 0 saturated heterocycles. The maximum Gasteiger partial charge on any atom is 0.222 e. The maximum absolute atomic E-state index is 12.1. The van der Waals surface area contributed by atoms with E-state index < -0.39 is 0 Å². The molecule has 0 aliphatic rings. The first-order valence-electron chi connectivity index (χ1n) is 7.51. The van der Waals surface area contributed by atoms with Crippen molar-refractivity contribution < 1.29 is 4.79 Å². The fourth-order valence-electron chi connectivity index (χ4n) is 2.31. The lowest BCUT2D eigenvalue weighted by atomic mass is 9.94. The first-order valence-corrected chi connectivity index (χ1v) is 8.90. The van der Waals surface area contributed by atoms with Crippen molar-refractivity contribution in [2.45, 2.75) is 58.4 Å². The topological polar surface area (TPSA) is 46.3 Å². The Kier molecular flexibility index (Phi) is 11.5. The largest absolute Gasteiger partial charge is 0.343 e. The summed E-state index contributed by atoms with van der Waals surface area (Å²) in [5.74, 6) is 2.02. The molecule has 2 N–H and O–H groups in total. The molecular weight excluding hydrogens is 256 g/mol. The summed E-state index contributed by atoms with van der Waals surface area (Å²) in [5.41, 5.74) is 5.63. The fraction of sp³-hybridized carbons (Fsp3) is 0.933. The second-order valence-electron chi connectivity index (χ2n) is 5.41. The van der Waals surface area contributed by atoms with E-state index in [2.05, 4.69) is 20.1 Å². The third kappa shape index (κ3) is 8.53. The van der Waals surface area contributed by atoms with Gasteiger partial charge in [-0.25, -0.2) is 0 Å². The van der Waals surface area contributed by atoms with Crippen LogP contribution in [0.4, 0.5) is 0 Å². The van der Waals surface area contributed by atoms with Gasteiger partial charge in [-0.15, -0.1) is 0 Å². The normalized spacial score (nSPS) is 14.2. The van der Waals surface area contributed by atoms with E-state index in [0.717, 1.165) is 31.6 Å². The first-order chi connectivity index (χ1) is 9.06. The van der Waals surface area contributed by atoms with Crippen molar-refractivity contribution >= 4 is 17.7 Å². The summed E-state index contributed by atoms with van der Waals surface area (Å²) in [6, 6.07) is 0.346. The van der Waals surface area contributed by atoms with Gasteiger partial charge in [0.05, 0.1) is 0 Å². The molecule has 0 fully saturated rings. The van der Waals surface area contributed by atoms with Crippen LogP contribution in [0.2, 0.25) is 0 Å². The predicted octanol–water partition coefficient (Wildman–Crippen LogP) is 3.13. The zero-order chi connectivity index (χ0) is 14.7. The zero-order valence-corrected chi connectivity index (χ0v) is 14.0. The Morgan fingerprint density at radius 3 is 2.47 bits per heavy atom. The Hall–Kier alpha value is -0.220. The number of carbonyl (C=O) groups is 1. The number of thioether (sulfide) groups is 1. The Labute approximate surface area is 123 Å². The molecule has 3 nitrogen and oxygen atoms in total. The van der Waals surface area contributed by atoms with Crippen LogP contribution in [0.15, 0.2) is 0 Å². The minimum atomic E-state index is 0.284. The van der Waals surface area contributed by atoms with Crippen molar-refractivity contribution in [2.75, 3.05) is 25.6 Å². The molecule has 114 valence electrons. The minimum absolute atomic E-state index is 0.284. The SMILES string of the molecule is CCCC(CCN)CCC(=O)N(C)C(C)CCSC. The third-order valence-corrected chi connectivity index (χ3v) is 4.48. The van der Waals surface area contributed by atoms with Crippen LogP contribution in [-0.2, 0) is 4.79 Å². The van der Waals surface area contributed by atoms with Crippen LogP contribution in [0.5, 0.6) is 0 Å². The molecule has 0 spiro atoms. The van der Waals surface area contributed by atoms with Gasteiger partial charge in [0.2, 0.25) is 5.91 Å². The van der Waals surface area contributed by atoms with Crippen LogP contribution in [0.1, 0.15) is 52.4 Å². The molecule has 4 heteroatoms. The van der Waals surface area contributed by atoms with E-state index in [4.69, 9.17) is 5.73 Å². The van der Waals surface area contributed by atoms with Crippen molar-refractivity contribution in [1.82, 2.24) is 4.90 Å². The second kappa shape index (κ2) is 11.6. The van der Waals surface area contributed by atoms with Gasteiger partial charge in [0.1, 0.15) is 0 Å². The number of carbonyl (C=O) groups excluding carboxylic acids is 1. The van der Waals surface area contributed by atoms with Gasteiger partial charge in [0.25, 0.3) is 0 Å². The lowest BCUT2D eigenvalue weighted by molar-refractivity contribution is -0.132. The highest BCUT2D eigenvalue weighted by molar-refractivity contribution is 7.98.